The highest BCUT2D eigenvalue weighted by Gasteiger charge is 2.04. The van der Waals surface area contributed by atoms with Crippen LogP contribution in [0.5, 0.6) is 0 Å². The number of hydrogen-bond donors (Lipinski definition) is 0. The zero-order valence-corrected chi connectivity index (χ0v) is 7.04. The van der Waals surface area contributed by atoms with Gasteiger partial charge in [-0.15, -0.1) is 0 Å². The molecule has 1 amide bonds. The van der Waals surface area contributed by atoms with Crippen molar-refractivity contribution in [1.82, 2.24) is 0 Å². The van der Waals surface area contributed by atoms with Gasteiger partial charge >= 0.3 is 0 Å². The van der Waals surface area contributed by atoms with Gasteiger partial charge < -0.3 is 4.42 Å². The van der Waals surface area contributed by atoms with Crippen molar-refractivity contribution >= 4 is 16.9 Å². The Morgan fingerprint density at radius 2 is 2.29 bits per heavy atom. The summed E-state index contributed by atoms with van der Waals surface area (Å²) in [5.74, 6) is -0.587. The van der Waals surface area contributed by atoms with Crippen LogP contribution in [-0.2, 0) is 0 Å². The van der Waals surface area contributed by atoms with Crippen molar-refractivity contribution in [3.05, 3.63) is 46.5 Å². The fraction of sp³-hybridized carbons (Fsp3) is 0. The minimum atomic E-state index is -0.587. The predicted octanol–water partition coefficient (Wildman–Crippen LogP) is 2.88. The molecule has 1 heterocycles. The predicted molar refractivity (Wildman–Crippen MR) is 49.7 cm³/mol. The average Bonchev–Trinajstić information content (AvgIpc) is 2.64. The quantitative estimate of drug-likeness (QED) is 0.390. The molecule has 2 rings (SSSR count). The third-order valence-electron chi connectivity index (χ3n) is 1.83. The molecule has 0 atom stereocenters. The van der Waals surface area contributed by atoms with Crippen molar-refractivity contribution in [3.8, 4) is 0 Å². The van der Waals surface area contributed by atoms with Crippen LogP contribution < -0.4 is 0 Å². The van der Waals surface area contributed by atoms with Gasteiger partial charge in [-0.2, -0.15) is 0 Å². The topological polar surface area (TPSA) is 79.0 Å². The second-order valence-electron chi connectivity index (χ2n) is 2.67. The first-order valence-corrected chi connectivity index (χ1v) is 3.88. The first-order chi connectivity index (χ1) is 6.81. The first-order valence-electron chi connectivity index (χ1n) is 3.88. The van der Waals surface area contributed by atoms with Gasteiger partial charge in [0.2, 0.25) is 5.91 Å². The number of nitrogens with zero attached hydrogens (tertiary/aromatic N) is 3. The van der Waals surface area contributed by atoms with Crippen molar-refractivity contribution in [2.24, 2.45) is 5.11 Å². The van der Waals surface area contributed by atoms with Gasteiger partial charge in [-0.3, -0.25) is 4.79 Å². The van der Waals surface area contributed by atoms with Crippen molar-refractivity contribution in [1.29, 1.82) is 0 Å². The summed E-state index contributed by atoms with van der Waals surface area (Å²) in [6, 6.07) is 6.58. The van der Waals surface area contributed by atoms with Gasteiger partial charge in [-0.25, -0.2) is 0 Å². The fourth-order valence-electron chi connectivity index (χ4n) is 1.20. The van der Waals surface area contributed by atoms with E-state index in [2.05, 4.69) is 10.0 Å². The van der Waals surface area contributed by atoms with Gasteiger partial charge in [0.25, 0.3) is 0 Å². The summed E-state index contributed by atoms with van der Waals surface area (Å²) in [6.45, 7) is 0. The molecule has 0 unspecified atom stereocenters. The van der Waals surface area contributed by atoms with Crippen LogP contribution in [0.25, 0.3) is 21.4 Å². The number of carbonyl (C=O) groups excluding carboxylic acids is 1. The van der Waals surface area contributed by atoms with Crippen molar-refractivity contribution in [2.75, 3.05) is 0 Å². The summed E-state index contributed by atoms with van der Waals surface area (Å²) in [7, 11) is 0. The Labute approximate surface area is 78.6 Å². The van der Waals surface area contributed by atoms with Crippen LogP contribution in [-0.4, -0.2) is 5.91 Å². The molecule has 2 aromatic rings. The monoisotopic (exact) mass is 187 g/mol. The largest absolute Gasteiger partial charge is 0.464 e. The molecule has 0 saturated carbocycles. The molecule has 14 heavy (non-hydrogen) atoms. The zero-order chi connectivity index (χ0) is 9.97. The summed E-state index contributed by atoms with van der Waals surface area (Å²) in [6.07, 6.45) is 1.53. The summed E-state index contributed by atoms with van der Waals surface area (Å²) in [4.78, 5) is 13.6. The minimum Gasteiger partial charge on any atom is -0.464 e. The molecule has 0 spiro atoms. The van der Waals surface area contributed by atoms with Gasteiger partial charge in [0.1, 0.15) is 5.58 Å². The third kappa shape index (κ3) is 1.32. The molecule has 5 nitrogen and oxygen atoms in total. The van der Waals surface area contributed by atoms with E-state index < -0.39 is 5.91 Å². The smallest absolute Gasteiger partial charge is 0.249 e. The Bertz CT molecular complexity index is 538. The lowest BCUT2D eigenvalue weighted by atomic mass is 10.1. The van der Waals surface area contributed by atoms with E-state index in [1.165, 1.54) is 6.26 Å². The van der Waals surface area contributed by atoms with Crippen LogP contribution in [0.1, 0.15) is 10.4 Å². The van der Waals surface area contributed by atoms with Crippen molar-refractivity contribution in [2.45, 2.75) is 0 Å². The Hall–Kier alpha value is -2.26. The van der Waals surface area contributed by atoms with Crippen LogP contribution in [0.15, 0.2) is 40.1 Å². The van der Waals surface area contributed by atoms with Crippen molar-refractivity contribution in [3.63, 3.8) is 0 Å². The lowest BCUT2D eigenvalue weighted by Gasteiger charge is -1.93. The minimum absolute atomic E-state index is 0.358. The zero-order valence-electron chi connectivity index (χ0n) is 7.04. The summed E-state index contributed by atoms with van der Waals surface area (Å²) in [5.41, 5.74) is 9.15. The van der Waals surface area contributed by atoms with E-state index in [1.54, 1.807) is 24.3 Å². The Kier molecular flexibility index (Phi) is 1.93. The number of amides is 1. The molecule has 0 radical (unpaired) electrons. The first kappa shape index (κ1) is 8.34. The second-order valence-corrected chi connectivity index (χ2v) is 2.67. The van der Waals surface area contributed by atoms with Crippen LogP contribution in [0.4, 0.5) is 0 Å². The summed E-state index contributed by atoms with van der Waals surface area (Å²) in [5, 5.41) is 3.81. The molecule has 0 N–H and O–H groups in total. The number of furan rings is 1. The normalized spacial score (nSPS) is 9.71. The average molecular weight is 187 g/mol. The number of rotatable bonds is 1. The maximum atomic E-state index is 11.2. The molecule has 5 heteroatoms. The number of hydrogen-bond acceptors (Lipinski definition) is 2. The Morgan fingerprint density at radius 1 is 1.43 bits per heavy atom. The summed E-state index contributed by atoms with van der Waals surface area (Å²) < 4.78 is 5.10. The Morgan fingerprint density at radius 3 is 3.07 bits per heavy atom. The Balaban J connectivity index is 2.53. The SMILES string of the molecule is [N-]=[N+]=NC(=O)c1ccc2occc2c1. The molecule has 1 aromatic heterocycles. The van der Waals surface area contributed by atoms with Crippen LogP contribution >= 0.6 is 0 Å². The molecule has 0 fully saturated rings. The maximum Gasteiger partial charge on any atom is 0.249 e. The van der Waals surface area contributed by atoms with Gasteiger partial charge in [-0.05, 0) is 34.9 Å². The molecule has 0 bridgehead atoms. The van der Waals surface area contributed by atoms with E-state index in [4.69, 9.17) is 9.95 Å². The van der Waals surface area contributed by atoms with Gasteiger partial charge in [0, 0.05) is 15.9 Å². The second kappa shape index (κ2) is 3.24. The highest BCUT2D eigenvalue weighted by molar-refractivity contribution is 5.98. The molecule has 0 saturated heterocycles. The van der Waals surface area contributed by atoms with E-state index in [0.717, 1.165) is 5.39 Å². The number of benzene rings is 1. The molecule has 0 aliphatic rings. The fourth-order valence-corrected chi connectivity index (χ4v) is 1.20. The lowest BCUT2D eigenvalue weighted by Crippen LogP contribution is -1.91. The molecule has 68 valence electrons. The number of fused-ring (bicyclic) bond motifs is 1. The van der Waals surface area contributed by atoms with E-state index >= 15 is 0 Å². The van der Waals surface area contributed by atoms with Gasteiger partial charge in [-0.1, -0.05) is 0 Å². The standard InChI is InChI=1S/C9H5N3O2/c10-12-11-9(13)7-1-2-8-6(5-7)3-4-14-8/h1-5H. The van der Waals surface area contributed by atoms with E-state index in [-0.39, 0.29) is 0 Å². The van der Waals surface area contributed by atoms with Crippen LogP contribution in [0, 0.1) is 0 Å². The van der Waals surface area contributed by atoms with Gasteiger partial charge in [0.15, 0.2) is 0 Å². The van der Waals surface area contributed by atoms with E-state index in [0.29, 0.717) is 11.1 Å². The van der Waals surface area contributed by atoms with Crippen LogP contribution in [0.3, 0.4) is 0 Å². The molecule has 0 aliphatic carbocycles. The number of azide groups is 1. The lowest BCUT2D eigenvalue weighted by molar-refractivity contribution is 0.100. The third-order valence-corrected chi connectivity index (χ3v) is 1.83. The van der Waals surface area contributed by atoms with E-state index in [1.807, 2.05) is 0 Å². The van der Waals surface area contributed by atoms with Gasteiger partial charge in [0.05, 0.1) is 6.26 Å². The van der Waals surface area contributed by atoms with Crippen molar-refractivity contribution < 1.29 is 9.21 Å². The maximum absolute atomic E-state index is 11.2. The summed E-state index contributed by atoms with van der Waals surface area (Å²) >= 11 is 0. The molecule has 1 aromatic carbocycles. The molecule has 0 aliphatic heterocycles. The highest BCUT2D eigenvalue weighted by Crippen LogP contribution is 2.17. The molecular formula is C9H5N3O2. The molecular weight excluding hydrogens is 182 g/mol. The van der Waals surface area contributed by atoms with E-state index in [9.17, 15) is 4.79 Å². The highest BCUT2D eigenvalue weighted by atomic mass is 16.3. The van der Waals surface area contributed by atoms with Crippen LogP contribution in [0.2, 0.25) is 0 Å². The number of carbonyl (C=O) groups is 1.